The van der Waals surface area contributed by atoms with E-state index in [0.717, 1.165) is 11.3 Å². The molecule has 1 aromatic rings. The Kier molecular flexibility index (Phi) is 3.59. The number of nitriles is 1. The third kappa shape index (κ3) is 3.03. The van der Waals surface area contributed by atoms with Crippen molar-refractivity contribution < 1.29 is 13.9 Å². The lowest BCUT2D eigenvalue weighted by molar-refractivity contribution is 0.170. The quantitative estimate of drug-likeness (QED) is 0.787. The van der Waals surface area contributed by atoms with Gasteiger partial charge < -0.3 is 13.9 Å². The lowest BCUT2D eigenvalue weighted by Crippen LogP contribution is -2.27. The summed E-state index contributed by atoms with van der Waals surface area (Å²) in [6.45, 7) is 7.31. The van der Waals surface area contributed by atoms with Gasteiger partial charge in [0.15, 0.2) is 25.9 Å². The third-order valence-corrected chi connectivity index (χ3v) is 3.40. The van der Waals surface area contributed by atoms with Crippen molar-refractivity contribution in [3.63, 3.8) is 0 Å². The average molecular weight is 263 g/mol. The molecule has 1 aliphatic heterocycles. The molecule has 0 saturated heterocycles. The molecular weight excluding hydrogens is 246 g/mol. The zero-order valence-corrected chi connectivity index (χ0v) is 11.9. The summed E-state index contributed by atoms with van der Waals surface area (Å²) < 4.78 is 16.8. The summed E-state index contributed by atoms with van der Waals surface area (Å²) in [7, 11) is -1.75. The van der Waals surface area contributed by atoms with Crippen LogP contribution in [-0.4, -0.2) is 21.5 Å². The van der Waals surface area contributed by atoms with Gasteiger partial charge in [-0.05, 0) is 37.3 Å². The average Bonchev–Trinajstić information content (AvgIpc) is 2.34. The first kappa shape index (κ1) is 12.9. The van der Waals surface area contributed by atoms with Gasteiger partial charge in [0.1, 0.15) is 13.2 Å². The Bertz CT molecular complexity index is 476. The molecule has 2 rings (SSSR count). The highest BCUT2D eigenvalue weighted by atomic mass is 28.4. The number of rotatable bonds is 3. The summed E-state index contributed by atoms with van der Waals surface area (Å²) >= 11 is 0. The minimum absolute atomic E-state index is 0.535. The molecule has 1 heterocycles. The van der Waals surface area contributed by atoms with Crippen molar-refractivity contribution >= 4 is 8.32 Å². The predicted molar refractivity (Wildman–Crippen MR) is 70.2 cm³/mol. The number of ether oxygens (including phenoxy) is 2. The number of hydrogen-bond acceptors (Lipinski definition) is 4. The Balaban J connectivity index is 2.24. The first-order chi connectivity index (χ1) is 8.49. The molecule has 0 fully saturated rings. The molecule has 0 spiro atoms. The Hall–Kier alpha value is -1.51. The summed E-state index contributed by atoms with van der Waals surface area (Å²) in [6.07, 6.45) is -0.535. The van der Waals surface area contributed by atoms with Crippen LogP contribution >= 0.6 is 0 Å². The van der Waals surface area contributed by atoms with Crippen molar-refractivity contribution in [2.45, 2.75) is 25.7 Å². The van der Waals surface area contributed by atoms with Gasteiger partial charge in [-0.2, -0.15) is 5.26 Å². The van der Waals surface area contributed by atoms with Crippen LogP contribution in [0.2, 0.25) is 19.6 Å². The number of hydrogen-bond donors (Lipinski definition) is 0. The van der Waals surface area contributed by atoms with E-state index in [4.69, 9.17) is 13.9 Å². The highest BCUT2D eigenvalue weighted by molar-refractivity contribution is 6.69. The topological polar surface area (TPSA) is 51.5 Å². The van der Waals surface area contributed by atoms with Crippen molar-refractivity contribution in [2.24, 2.45) is 0 Å². The minimum Gasteiger partial charge on any atom is -0.486 e. The molecule has 0 bridgehead atoms. The SMILES string of the molecule is C[Si](C)(C)OC(C#N)c1ccc2c(c1)OCCO2. The molecule has 96 valence electrons. The Morgan fingerprint density at radius 3 is 2.50 bits per heavy atom. The molecular formula is C13H17NO3Si. The third-order valence-electron chi connectivity index (χ3n) is 2.46. The van der Waals surface area contributed by atoms with Gasteiger partial charge in [0, 0.05) is 0 Å². The fourth-order valence-corrected chi connectivity index (χ4v) is 2.64. The summed E-state index contributed by atoms with van der Waals surface area (Å²) in [5, 5.41) is 9.22. The summed E-state index contributed by atoms with van der Waals surface area (Å²) in [5.41, 5.74) is 0.823. The second-order valence-electron chi connectivity index (χ2n) is 5.14. The predicted octanol–water partition coefficient (Wildman–Crippen LogP) is 2.87. The smallest absolute Gasteiger partial charge is 0.186 e. The van der Waals surface area contributed by atoms with E-state index in [0.29, 0.717) is 19.0 Å². The van der Waals surface area contributed by atoms with E-state index in [-0.39, 0.29) is 0 Å². The van der Waals surface area contributed by atoms with Crippen molar-refractivity contribution in [1.29, 1.82) is 5.26 Å². The standard InChI is InChI=1S/C13H17NO3Si/c1-18(2,3)17-13(9-14)10-4-5-11-12(8-10)16-7-6-15-11/h4-5,8,13H,6-7H2,1-3H3. The van der Waals surface area contributed by atoms with Crippen LogP contribution in [0.15, 0.2) is 18.2 Å². The van der Waals surface area contributed by atoms with E-state index < -0.39 is 14.4 Å². The van der Waals surface area contributed by atoms with Gasteiger partial charge >= 0.3 is 0 Å². The van der Waals surface area contributed by atoms with Crippen LogP contribution in [-0.2, 0) is 4.43 Å². The first-order valence-corrected chi connectivity index (χ1v) is 9.37. The minimum atomic E-state index is -1.75. The molecule has 0 amide bonds. The van der Waals surface area contributed by atoms with E-state index in [2.05, 4.69) is 25.7 Å². The lowest BCUT2D eigenvalue weighted by Gasteiger charge is -2.23. The normalized spacial score (nSPS) is 15.9. The monoisotopic (exact) mass is 263 g/mol. The van der Waals surface area contributed by atoms with Crippen LogP contribution < -0.4 is 9.47 Å². The Morgan fingerprint density at radius 2 is 1.89 bits per heavy atom. The molecule has 5 heteroatoms. The van der Waals surface area contributed by atoms with Crippen molar-refractivity contribution in [3.8, 4) is 17.6 Å². The van der Waals surface area contributed by atoms with Gasteiger partial charge in [-0.15, -0.1) is 0 Å². The molecule has 0 saturated carbocycles. The number of fused-ring (bicyclic) bond motifs is 1. The summed E-state index contributed by atoms with van der Waals surface area (Å²) in [4.78, 5) is 0. The molecule has 4 nitrogen and oxygen atoms in total. The maximum Gasteiger partial charge on any atom is 0.186 e. The van der Waals surface area contributed by atoms with E-state index in [1.54, 1.807) is 0 Å². The van der Waals surface area contributed by atoms with Crippen LogP contribution in [0.3, 0.4) is 0 Å². The van der Waals surface area contributed by atoms with E-state index in [9.17, 15) is 5.26 Å². The highest BCUT2D eigenvalue weighted by Crippen LogP contribution is 2.34. The van der Waals surface area contributed by atoms with Crippen LogP contribution in [0.5, 0.6) is 11.5 Å². The van der Waals surface area contributed by atoms with Crippen molar-refractivity contribution in [1.82, 2.24) is 0 Å². The maximum atomic E-state index is 9.22. The van der Waals surface area contributed by atoms with Gasteiger partial charge in [-0.3, -0.25) is 0 Å². The second kappa shape index (κ2) is 5.00. The largest absolute Gasteiger partial charge is 0.486 e. The van der Waals surface area contributed by atoms with Gasteiger partial charge in [-0.1, -0.05) is 6.07 Å². The molecule has 1 aromatic carbocycles. The van der Waals surface area contributed by atoms with E-state index in [1.165, 1.54) is 0 Å². The van der Waals surface area contributed by atoms with Gasteiger partial charge in [-0.25, -0.2) is 0 Å². The molecule has 18 heavy (non-hydrogen) atoms. The van der Waals surface area contributed by atoms with Crippen molar-refractivity contribution in [2.75, 3.05) is 13.2 Å². The molecule has 1 atom stereocenters. The van der Waals surface area contributed by atoms with Gasteiger partial charge in [0.05, 0.1) is 6.07 Å². The van der Waals surface area contributed by atoms with Gasteiger partial charge in [0.2, 0.25) is 0 Å². The molecule has 1 aliphatic rings. The summed E-state index contributed by atoms with van der Waals surface area (Å²) in [5.74, 6) is 1.42. The molecule has 1 unspecified atom stereocenters. The fraction of sp³-hybridized carbons (Fsp3) is 0.462. The Labute approximate surface area is 108 Å². The van der Waals surface area contributed by atoms with E-state index in [1.807, 2.05) is 18.2 Å². The summed E-state index contributed by atoms with van der Waals surface area (Å²) in [6, 6.07) is 7.73. The molecule has 0 radical (unpaired) electrons. The number of benzene rings is 1. The van der Waals surface area contributed by atoms with Crippen molar-refractivity contribution in [3.05, 3.63) is 23.8 Å². The zero-order valence-electron chi connectivity index (χ0n) is 10.9. The first-order valence-electron chi connectivity index (χ1n) is 5.96. The second-order valence-corrected chi connectivity index (χ2v) is 9.60. The lowest BCUT2D eigenvalue weighted by atomic mass is 10.1. The van der Waals surface area contributed by atoms with Crippen LogP contribution in [0, 0.1) is 11.3 Å². The van der Waals surface area contributed by atoms with E-state index >= 15 is 0 Å². The Morgan fingerprint density at radius 1 is 1.22 bits per heavy atom. The van der Waals surface area contributed by atoms with Crippen LogP contribution in [0.1, 0.15) is 11.7 Å². The van der Waals surface area contributed by atoms with Crippen LogP contribution in [0.25, 0.3) is 0 Å². The van der Waals surface area contributed by atoms with Crippen LogP contribution in [0.4, 0.5) is 0 Å². The zero-order chi connectivity index (χ0) is 13.2. The van der Waals surface area contributed by atoms with Gasteiger partial charge in [0.25, 0.3) is 0 Å². The highest BCUT2D eigenvalue weighted by Gasteiger charge is 2.23. The molecule has 0 N–H and O–H groups in total. The maximum absolute atomic E-state index is 9.22. The molecule has 0 aromatic heterocycles. The fourth-order valence-electron chi connectivity index (χ4n) is 1.75. The number of nitrogens with zero attached hydrogens (tertiary/aromatic N) is 1. The molecule has 0 aliphatic carbocycles.